The number of methoxy groups -OCH3 is 3. The molecule has 0 radical (unpaired) electrons. The van der Waals surface area contributed by atoms with Crippen molar-refractivity contribution in [2.24, 2.45) is 0 Å². The molecule has 0 spiro atoms. The quantitative estimate of drug-likeness (QED) is 0.694. The van der Waals surface area contributed by atoms with Gasteiger partial charge >= 0.3 is 5.97 Å². The Bertz CT molecular complexity index is 433. The molecular weight excluding hydrogens is 226 g/mol. The van der Waals surface area contributed by atoms with E-state index in [1.165, 1.54) is 27.4 Å². The van der Waals surface area contributed by atoms with E-state index in [2.05, 4.69) is 14.7 Å². The summed E-state index contributed by atoms with van der Waals surface area (Å²) in [5.74, 6) is -1.55. The van der Waals surface area contributed by atoms with Crippen LogP contribution in [0, 0.1) is 11.3 Å². The van der Waals surface area contributed by atoms with Crippen molar-refractivity contribution in [1.29, 1.82) is 5.26 Å². The molecule has 1 aromatic heterocycles. The van der Waals surface area contributed by atoms with Crippen LogP contribution in [0.1, 0.15) is 11.7 Å². The summed E-state index contributed by atoms with van der Waals surface area (Å²) in [6, 6.07) is 3.20. The van der Waals surface area contributed by atoms with Crippen LogP contribution in [0.3, 0.4) is 0 Å². The number of aromatic nitrogens is 2. The maximum atomic E-state index is 11.3. The van der Waals surface area contributed by atoms with E-state index >= 15 is 0 Å². The van der Waals surface area contributed by atoms with Gasteiger partial charge in [0.25, 0.3) is 0 Å². The zero-order valence-electron chi connectivity index (χ0n) is 9.63. The molecule has 7 heteroatoms. The van der Waals surface area contributed by atoms with Crippen LogP contribution in [0.15, 0.2) is 6.07 Å². The third-order valence-corrected chi connectivity index (χ3v) is 1.94. The number of nitrogens with zero attached hydrogens (tertiary/aromatic N) is 3. The molecule has 0 aliphatic heterocycles. The summed E-state index contributed by atoms with van der Waals surface area (Å²) in [7, 11) is 4.00. The van der Waals surface area contributed by atoms with Crippen molar-refractivity contribution >= 4 is 5.97 Å². The molecule has 0 saturated heterocycles. The lowest BCUT2D eigenvalue weighted by Gasteiger charge is -2.08. The first-order chi connectivity index (χ1) is 8.15. The van der Waals surface area contributed by atoms with Crippen LogP contribution in [-0.2, 0) is 9.53 Å². The second-order valence-corrected chi connectivity index (χ2v) is 2.90. The molecule has 0 bridgehead atoms. The summed E-state index contributed by atoms with van der Waals surface area (Å²) in [6.45, 7) is 0. The Hall–Kier alpha value is -2.36. The number of rotatable bonds is 4. The van der Waals surface area contributed by atoms with Gasteiger partial charge in [-0.05, 0) is 0 Å². The highest BCUT2D eigenvalue weighted by Gasteiger charge is 2.25. The Morgan fingerprint density at radius 3 is 2.18 bits per heavy atom. The second kappa shape index (κ2) is 5.65. The van der Waals surface area contributed by atoms with Crippen LogP contribution in [0.25, 0.3) is 0 Å². The van der Waals surface area contributed by atoms with Gasteiger partial charge < -0.3 is 14.2 Å². The molecule has 1 rings (SSSR count). The molecule has 0 amide bonds. The van der Waals surface area contributed by atoms with Gasteiger partial charge in [-0.25, -0.2) is 0 Å². The third-order valence-electron chi connectivity index (χ3n) is 1.94. The van der Waals surface area contributed by atoms with E-state index in [-0.39, 0.29) is 17.6 Å². The fourth-order valence-corrected chi connectivity index (χ4v) is 1.09. The van der Waals surface area contributed by atoms with Gasteiger partial charge in [-0.1, -0.05) is 0 Å². The molecule has 0 aliphatic rings. The lowest BCUT2D eigenvalue weighted by atomic mass is 10.1. The minimum atomic E-state index is -1.20. The van der Waals surface area contributed by atoms with E-state index in [1.807, 2.05) is 0 Å². The molecule has 1 atom stereocenters. The van der Waals surface area contributed by atoms with E-state index in [0.717, 1.165) is 0 Å². The molecule has 0 fully saturated rings. The molecular formula is C10H11N3O4. The largest absolute Gasteiger partial charge is 0.481 e. The monoisotopic (exact) mass is 237 g/mol. The standard InChI is InChI=1S/C10H11N3O4/c1-15-7-4-8(16-2)13-9(12-7)6(5-11)10(14)17-3/h4,6H,1-3H3. The summed E-state index contributed by atoms with van der Waals surface area (Å²) in [6.07, 6.45) is 0. The van der Waals surface area contributed by atoms with Gasteiger partial charge in [-0.2, -0.15) is 15.2 Å². The highest BCUT2D eigenvalue weighted by atomic mass is 16.5. The van der Waals surface area contributed by atoms with Gasteiger partial charge in [0, 0.05) is 0 Å². The fraction of sp³-hybridized carbons (Fsp3) is 0.400. The Kier molecular flexibility index (Phi) is 4.22. The Balaban J connectivity index is 3.19. The van der Waals surface area contributed by atoms with Crippen molar-refractivity contribution in [2.75, 3.05) is 21.3 Å². The molecule has 0 aromatic carbocycles. The van der Waals surface area contributed by atoms with Crippen LogP contribution < -0.4 is 9.47 Å². The number of nitriles is 1. The van der Waals surface area contributed by atoms with Gasteiger partial charge in [0.2, 0.25) is 17.7 Å². The minimum absolute atomic E-state index is 0.0180. The topological polar surface area (TPSA) is 94.3 Å². The first-order valence-corrected chi connectivity index (χ1v) is 4.60. The van der Waals surface area contributed by atoms with E-state index in [1.54, 1.807) is 6.07 Å². The summed E-state index contributed by atoms with van der Waals surface area (Å²) >= 11 is 0. The van der Waals surface area contributed by atoms with Crippen molar-refractivity contribution in [1.82, 2.24) is 9.97 Å². The van der Waals surface area contributed by atoms with Gasteiger partial charge in [0.1, 0.15) is 0 Å². The van der Waals surface area contributed by atoms with Crippen LogP contribution in [0.5, 0.6) is 11.8 Å². The van der Waals surface area contributed by atoms with Crippen molar-refractivity contribution in [3.63, 3.8) is 0 Å². The first-order valence-electron chi connectivity index (χ1n) is 4.60. The lowest BCUT2D eigenvalue weighted by molar-refractivity contribution is -0.141. The first kappa shape index (κ1) is 12.7. The van der Waals surface area contributed by atoms with Gasteiger partial charge in [0.15, 0.2) is 5.82 Å². The van der Waals surface area contributed by atoms with E-state index in [0.29, 0.717) is 0 Å². The number of ether oxygens (including phenoxy) is 3. The van der Waals surface area contributed by atoms with Crippen LogP contribution in [-0.4, -0.2) is 37.3 Å². The maximum Gasteiger partial charge on any atom is 0.331 e. The zero-order valence-corrected chi connectivity index (χ0v) is 9.63. The van der Waals surface area contributed by atoms with E-state index < -0.39 is 11.9 Å². The van der Waals surface area contributed by atoms with Gasteiger partial charge in [-0.15, -0.1) is 0 Å². The van der Waals surface area contributed by atoms with Crippen molar-refractivity contribution in [2.45, 2.75) is 5.92 Å². The van der Waals surface area contributed by atoms with Crippen molar-refractivity contribution in [3.05, 3.63) is 11.9 Å². The number of carbonyl (C=O) groups is 1. The van der Waals surface area contributed by atoms with Gasteiger partial charge in [-0.3, -0.25) is 4.79 Å². The average molecular weight is 237 g/mol. The molecule has 17 heavy (non-hydrogen) atoms. The molecule has 7 nitrogen and oxygen atoms in total. The molecule has 1 unspecified atom stereocenters. The maximum absolute atomic E-state index is 11.3. The third kappa shape index (κ3) is 2.81. The minimum Gasteiger partial charge on any atom is -0.481 e. The molecule has 90 valence electrons. The smallest absolute Gasteiger partial charge is 0.331 e. The van der Waals surface area contributed by atoms with Gasteiger partial charge in [0.05, 0.1) is 33.5 Å². The second-order valence-electron chi connectivity index (χ2n) is 2.90. The fourth-order valence-electron chi connectivity index (χ4n) is 1.09. The predicted molar refractivity (Wildman–Crippen MR) is 55.5 cm³/mol. The van der Waals surface area contributed by atoms with Crippen LogP contribution in [0.4, 0.5) is 0 Å². The SMILES string of the molecule is COC(=O)C(C#N)c1nc(OC)cc(OC)n1. The molecule has 0 saturated carbocycles. The summed E-state index contributed by atoms with van der Waals surface area (Å²) in [4.78, 5) is 19.1. The summed E-state index contributed by atoms with van der Waals surface area (Å²) in [5, 5.41) is 8.90. The molecule has 1 aromatic rings. The van der Waals surface area contributed by atoms with E-state index in [9.17, 15) is 4.79 Å². The Labute approximate surface area is 98.0 Å². The van der Waals surface area contributed by atoms with Crippen LogP contribution >= 0.6 is 0 Å². The zero-order chi connectivity index (χ0) is 12.8. The number of hydrogen-bond acceptors (Lipinski definition) is 7. The van der Waals surface area contributed by atoms with E-state index in [4.69, 9.17) is 14.7 Å². The molecule has 0 N–H and O–H groups in total. The lowest BCUT2D eigenvalue weighted by Crippen LogP contribution is -2.16. The Morgan fingerprint density at radius 1 is 1.29 bits per heavy atom. The highest BCUT2D eigenvalue weighted by molar-refractivity contribution is 5.80. The van der Waals surface area contributed by atoms with Crippen molar-refractivity contribution in [3.8, 4) is 17.8 Å². The number of esters is 1. The predicted octanol–water partition coefficient (Wildman–Crippen LogP) is 0.274. The normalized spacial score (nSPS) is 11.2. The summed E-state index contributed by atoms with van der Waals surface area (Å²) < 4.78 is 14.3. The number of carbonyl (C=O) groups excluding carboxylic acids is 1. The average Bonchev–Trinajstić information content (AvgIpc) is 2.38. The van der Waals surface area contributed by atoms with Crippen LogP contribution in [0.2, 0.25) is 0 Å². The van der Waals surface area contributed by atoms with Crippen molar-refractivity contribution < 1.29 is 19.0 Å². The Morgan fingerprint density at radius 2 is 1.82 bits per heavy atom. The number of hydrogen-bond donors (Lipinski definition) is 0. The highest BCUT2D eigenvalue weighted by Crippen LogP contribution is 2.20. The summed E-state index contributed by atoms with van der Waals surface area (Å²) in [5.41, 5.74) is 0. The molecule has 0 aliphatic carbocycles. The molecule has 1 heterocycles.